The Hall–Kier alpha value is -2.75. The summed E-state index contributed by atoms with van der Waals surface area (Å²) >= 11 is 0. The zero-order valence-electron chi connectivity index (χ0n) is 12.0. The second-order valence-electron chi connectivity index (χ2n) is 5.58. The molecule has 1 fully saturated rings. The van der Waals surface area contributed by atoms with Gasteiger partial charge in [-0.2, -0.15) is 0 Å². The smallest absolute Gasteiger partial charge is 0.256 e. The summed E-state index contributed by atoms with van der Waals surface area (Å²) in [4.78, 5) is 21.3. The minimum absolute atomic E-state index is 0.105. The summed E-state index contributed by atoms with van der Waals surface area (Å²) in [6, 6.07) is 13.3. The molecule has 1 aliphatic rings. The van der Waals surface area contributed by atoms with E-state index in [0.29, 0.717) is 11.5 Å². The summed E-state index contributed by atoms with van der Waals surface area (Å²) in [5.74, 6) is 0.406. The lowest BCUT2D eigenvalue weighted by molar-refractivity contribution is 0.102. The molecule has 4 nitrogen and oxygen atoms in total. The Morgan fingerprint density at radius 2 is 1.86 bits per heavy atom. The Morgan fingerprint density at radius 3 is 2.64 bits per heavy atom. The van der Waals surface area contributed by atoms with Crippen LogP contribution < -0.4 is 5.32 Å². The van der Waals surface area contributed by atoms with Gasteiger partial charge in [-0.25, -0.2) is 0 Å². The number of nitrogens with one attached hydrogen (secondary N) is 1. The van der Waals surface area contributed by atoms with E-state index in [9.17, 15) is 4.79 Å². The van der Waals surface area contributed by atoms with Crippen molar-refractivity contribution in [1.82, 2.24) is 9.97 Å². The molecule has 0 saturated heterocycles. The van der Waals surface area contributed by atoms with Crippen LogP contribution in [0, 0.1) is 0 Å². The number of fused-ring (bicyclic) bond motifs is 1. The van der Waals surface area contributed by atoms with Crippen molar-refractivity contribution in [2.24, 2.45) is 0 Å². The molecule has 3 aromatic rings. The van der Waals surface area contributed by atoms with Gasteiger partial charge in [0, 0.05) is 35.1 Å². The van der Waals surface area contributed by atoms with Crippen LogP contribution in [0.4, 0.5) is 5.69 Å². The minimum atomic E-state index is -0.105. The fraction of sp³-hybridized carbons (Fsp3) is 0.167. The molecule has 0 bridgehead atoms. The Kier molecular flexibility index (Phi) is 3.07. The van der Waals surface area contributed by atoms with Crippen molar-refractivity contribution in [3.63, 3.8) is 0 Å². The van der Waals surface area contributed by atoms with E-state index in [0.717, 1.165) is 35.1 Å². The summed E-state index contributed by atoms with van der Waals surface area (Å²) in [7, 11) is 0. The first kappa shape index (κ1) is 13.0. The molecule has 0 atom stereocenters. The van der Waals surface area contributed by atoms with Crippen LogP contribution in [0.1, 0.15) is 34.8 Å². The van der Waals surface area contributed by atoms with E-state index >= 15 is 0 Å². The van der Waals surface area contributed by atoms with Gasteiger partial charge in [-0.3, -0.25) is 14.8 Å². The molecule has 4 rings (SSSR count). The lowest BCUT2D eigenvalue weighted by atomic mass is 10.1. The maximum Gasteiger partial charge on any atom is 0.256 e. The first-order chi connectivity index (χ1) is 10.8. The van der Waals surface area contributed by atoms with Crippen LogP contribution in [-0.4, -0.2) is 15.9 Å². The number of amides is 1. The molecule has 108 valence electrons. The molecule has 2 aromatic heterocycles. The number of rotatable bonds is 3. The molecule has 0 unspecified atom stereocenters. The quantitative estimate of drug-likeness (QED) is 0.798. The van der Waals surface area contributed by atoms with Crippen LogP contribution in [0.5, 0.6) is 0 Å². The molecule has 2 heterocycles. The number of hydrogen-bond donors (Lipinski definition) is 1. The number of pyridine rings is 2. The normalized spacial score (nSPS) is 14.0. The van der Waals surface area contributed by atoms with Crippen LogP contribution in [-0.2, 0) is 0 Å². The second kappa shape index (κ2) is 5.22. The molecule has 22 heavy (non-hydrogen) atoms. The first-order valence-electron chi connectivity index (χ1n) is 7.42. The number of benzene rings is 1. The van der Waals surface area contributed by atoms with Gasteiger partial charge in [-0.05, 0) is 37.1 Å². The van der Waals surface area contributed by atoms with Gasteiger partial charge in [0.25, 0.3) is 5.91 Å². The predicted molar refractivity (Wildman–Crippen MR) is 85.9 cm³/mol. The van der Waals surface area contributed by atoms with Crippen molar-refractivity contribution in [3.05, 3.63) is 66.1 Å². The summed E-state index contributed by atoms with van der Waals surface area (Å²) in [5, 5.41) is 3.82. The molecular weight excluding hydrogens is 274 g/mol. The zero-order valence-corrected chi connectivity index (χ0v) is 12.0. The third kappa shape index (κ3) is 2.44. The average molecular weight is 289 g/mol. The number of para-hydroxylation sites is 1. The van der Waals surface area contributed by atoms with Crippen LogP contribution in [0.2, 0.25) is 0 Å². The van der Waals surface area contributed by atoms with Crippen molar-refractivity contribution >= 4 is 22.5 Å². The highest BCUT2D eigenvalue weighted by atomic mass is 16.1. The van der Waals surface area contributed by atoms with E-state index < -0.39 is 0 Å². The van der Waals surface area contributed by atoms with Gasteiger partial charge in [0.15, 0.2) is 0 Å². The largest absolute Gasteiger partial charge is 0.322 e. The Morgan fingerprint density at radius 1 is 1.09 bits per heavy atom. The number of carbonyl (C=O) groups excluding carboxylic acids is 1. The fourth-order valence-electron chi connectivity index (χ4n) is 2.61. The van der Waals surface area contributed by atoms with Crippen LogP contribution in [0.25, 0.3) is 10.9 Å². The van der Waals surface area contributed by atoms with Gasteiger partial charge in [0.1, 0.15) is 0 Å². The Bertz CT molecular complexity index is 841. The van der Waals surface area contributed by atoms with Crippen molar-refractivity contribution in [2.75, 3.05) is 5.32 Å². The summed E-state index contributed by atoms with van der Waals surface area (Å²) in [6.45, 7) is 0. The lowest BCUT2D eigenvalue weighted by Gasteiger charge is -2.10. The highest BCUT2D eigenvalue weighted by Crippen LogP contribution is 2.40. The Balaban J connectivity index is 1.77. The highest BCUT2D eigenvalue weighted by Gasteiger charge is 2.26. The van der Waals surface area contributed by atoms with Crippen molar-refractivity contribution in [3.8, 4) is 0 Å². The molecule has 1 aromatic carbocycles. The summed E-state index contributed by atoms with van der Waals surface area (Å²) in [6.07, 6.45) is 5.65. The number of carbonyl (C=O) groups is 1. The van der Waals surface area contributed by atoms with E-state index in [1.54, 1.807) is 24.5 Å². The topological polar surface area (TPSA) is 54.9 Å². The van der Waals surface area contributed by atoms with E-state index in [-0.39, 0.29) is 5.91 Å². The summed E-state index contributed by atoms with van der Waals surface area (Å²) in [5.41, 5.74) is 3.34. The molecular formula is C18H15N3O. The van der Waals surface area contributed by atoms with Crippen LogP contribution >= 0.6 is 0 Å². The molecule has 1 aliphatic carbocycles. The Labute approximate surface area is 128 Å². The molecule has 4 heteroatoms. The SMILES string of the molecule is O=C(Nc1ccncc1)c1cc(C2CC2)nc2ccccc12. The average Bonchev–Trinajstić information content (AvgIpc) is 3.39. The van der Waals surface area contributed by atoms with Crippen LogP contribution in [0.15, 0.2) is 54.9 Å². The summed E-state index contributed by atoms with van der Waals surface area (Å²) < 4.78 is 0. The van der Waals surface area contributed by atoms with Gasteiger partial charge < -0.3 is 5.32 Å². The number of hydrogen-bond acceptors (Lipinski definition) is 3. The van der Waals surface area contributed by atoms with E-state index in [1.807, 2.05) is 30.3 Å². The first-order valence-corrected chi connectivity index (χ1v) is 7.42. The standard InChI is InChI=1S/C18H15N3O/c22-18(20-13-7-9-19-10-8-13)15-11-17(12-5-6-12)21-16-4-2-1-3-14(15)16/h1-4,7-12H,5-6H2,(H,19,20,22). The maximum absolute atomic E-state index is 12.7. The third-order valence-electron chi connectivity index (χ3n) is 3.91. The lowest BCUT2D eigenvalue weighted by Crippen LogP contribution is -2.13. The van der Waals surface area contributed by atoms with Crippen LogP contribution in [0.3, 0.4) is 0 Å². The van der Waals surface area contributed by atoms with E-state index in [1.165, 1.54) is 0 Å². The van der Waals surface area contributed by atoms with E-state index in [4.69, 9.17) is 4.98 Å². The molecule has 1 N–H and O–H groups in total. The van der Waals surface area contributed by atoms with Crippen molar-refractivity contribution in [1.29, 1.82) is 0 Å². The minimum Gasteiger partial charge on any atom is -0.322 e. The molecule has 0 spiro atoms. The van der Waals surface area contributed by atoms with Crippen molar-refractivity contribution in [2.45, 2.75) is 18.8 Å². The fourth-order valence-corrected chi connectivity index (χ4v) is 2.61. The highest BCUT2D eigenvalue weighted by molar-refractivity contribution is 6.12. The number of aromatic nitrogens is 2. The molecule has 0 aliphatic heterocycles. The monoisotopic (exact) mass is 289 g/mol. The maximum atomic E-state index is 12.7. The molecule has 1 amide bonds. The third-order valence-corrected chi connectivity index (χ3v) is 3.91. The van der Waals surface area contributed by atoms with E-state index in [2.05, 4.69) is 10.3 Å². The van der Waals surface area contributed by atoms with Crippen molar-refractivity contribution < 1.29 is 4.79 Å². The zero-order chi connectivity index (χ0) is 14.9. The molecule has 1 saturated carbocycles. The van der Waals surface area contributed by atoms with Gasteiger partial charge in [-0.1, -0.05) is 18.2 Å². The van der Waals surface area contributed by atoms with Gasteiger partial charge >= 0.3 is 0 Å². The van der Waals surface area contributed by atoms with Gasteiger partial charge in [-0.15, -0.1) is 0 Å². The second-order valence-corrected chi connectivity index (χ2v) is 5.58. The predicted octanol–water partition coefficient (Wildman–Crippen LogP) is 3.76. The molecule has 0 radical (unpaired) electrons. The van der Waals surface area contributed by atoms with Gasteiger partial charge in [0.2, 0.25) is 0 Å². The number of anilines is 1. The number of nitrogens with zero attached hydrogens (tertiary/aromatic N) is 2. The van der Waals surface area contributed by atoms with Gasteiger partial charge in [0.05, 0.1) is 11.1 Å².